The average molecular weight is 205 g/mol. The molecule has 78 valence electrons. The zero-order valence-electron chi connectivity index (χ0n) is 8.37. The molecule has 0 bridgehead atoms. The smallest absolute Gasteiger partial charge is 0.182 e. The number of nitrogens with zero attached hydrogens (tertiary/aromatic N) is 1. The molecular weight excluding hydrogens is 193 g/mol. The summed E-state index contributed by atoms with van der Waals surface area (Å²) < 4.78 is 19.1. The van der Waals surface area contributed by atoms with E-state index in [2.05, 4.69) is 0 Å². The van der Waals surface area contributed by atoms with Crippen molar-refractivity contribution in [2.24, 2.45) is 0 Å². The summed E-state index contributed by atoms with van der Waals surface area (Å²) in [6, 6.07) is 6.48. The highest BCUT2D eigenvalue weighted by Gasteiger charge is 2.18. The summed E-state index contributed by atoms with van der Waals surface area (Å²) in [5.74, 6) is -0.326. The first kappa shape index (κ1) is 9.97. The predicted octanol–water partition coefficient (Wildman–Crippen LogP) is 3.02. The Labute approximate surface area is 88.3 Å². The Balaban J connectivity index is 2.17. The van der Waals surface area contributed by atoms with E-state index in [4.69, 9.17) is 10.00 Å². The fraction of sp³-hybridized carbons (Fsp3) is 0.417. The van der Waals surface area contributed by atoms with E-state index >= 15 is 0 Å². The van der Waals surface area contributed by atoms with Gasteiger partial charge < -0.3 is 4.74 Å². The van der Waals surface area contributed by atoms with E-state index < -0.39 is 5.82 Å². The summed E-state index contributed by atoms with van der Waals surface area (Å²) in [7, 11) is 0. The van der Waals surface area contributed by atoms with Crippen molar-refractivity contribution in [3.8, 4) is 11.8 Å². The van der Waals surface area contributed by atoms with Crippen LogP contribution in [0.2, 0.25) is 0 Å². The zero-order chi connectivity index (χ0) is 10.7. The largest absolute Gasteiger partial charge is 0.487 e. The molecule has 1 aromatic rings. The van der Waals surface area contributed by atoms with Gasteiger partial charge in [0.15, 0.2) is 11.6 Å². The molecule has 0 unspecified atom stereocenters. The van der Waals surface area contributed by atoms with Crippen molar-refractivity contribution in [3.05, 3.63) is 29.6 Å². The van der Waals surface area contributed by atoms with Gasteiger partial charge >= 0.3 is 0 Å². The third kappa shape index (κ3) is 2.10. The van der Waals surface area contributed by atoms with Gasteiger partial charge in [-0.3, -0.25) is 0 Å². The van der Waals surface area contributed by atoms with Crippen LogP contribution in [-0.2, 0) is 0 Å². The Morgan fingerprint density at radius 1 is 1.33 bits per heavy atom. The molecule has 0 atom stereocenters. The predicted molar refractivity (Wildman–Crippen MR) is 54.0 cm³/mol. The topological polar surface area (TPSA) is 33.0 Å². The Bertz CT molecular complexity index is 391. The minimum absolute atomic E-state index is 0.0468. The van der Waals surface area contributed by atoms with E-state index in [0.29, 0.717) is 0 Å². The van der Waals surface area contributed by atoms with Crippen LogP contribution in [0.3, 0.4) is 0 Å². The molecule has 3 heteroatoms. The van der Waals surface area contributed by atoms with Crippen LogP contribution in [0.15, 0.2) is 18.2 Å². The molecule has 1 saturated carbocycles. The number of rotatable bonds is 2. The van der Waals surface area contributed by atoms with Crippen molar-refractivity contribution in [1.82, 2.24) is 0 Å². The Hall–Kier alpha value is -1.56. The summed E-state index contributed by atoms with van der Waals surface area (Å²) in [5.41, 5.74) is 0.0468. The number of hydrogen-bond donors (Lipinski definition) is 0. The van der Waals surface area contributed by atoms with Crippen molar-refractivity contribution >= 4 is 0 Å². The molecule has 2 rings (SSSR count). The van der Waals surface area contributed by atoms with E-state index in [-0.39, 0.29) is 17.4 Å². The lowest BCUT2D eigenvalue weighted by atomic mass is 10.2. The molecule has 0 aromatic heterocycles. The number of halogens is 1. The normalized spacial score (nSPS) is 16.3. The van der Waals surface area contributed by atoms with Crippen molar-refractivity contribution in [2.45, 2.75) is 31.8 Å². The van der Waals surface area contributed by atoms with Crippen LogP contribution >= 0.6 is 0 Å². The maximum Gasteiger partial charge on any atom is 0.182 e. The molecule has 0 radical (unpaired) electrons. The maximum absolute atomic E-state index is 13.6. The van der Waals surface area contributed by atoms with Crippen molar-refractivity contribution in [2.75, 3.05) is 0 Å². The lowest BCUT2D eigenvalue weighted by Crippen LogP contribution is -2.12. The second kappa shape index (κ2) is 4.31. The van der Waals surface area contributed by atoms with Crippen molar-refractivity contribution in [1.29, 1.82) is 5.26 Å². The summed E-state index contributed by atoms with van der Waals surface area (Å²) in [5, 5.41) is 8.66. The number of nitriles is 1. The van der Waals surface area contributed by atoms with Gasteiger partial charge in [-0.15, -0.1) is 0 Å². The van der Waals surface area contributed by atoms with Gasteiger partial charge in [-0.25, -0.2) is 4.39 Å². The van der Waals surface area contributed by atoms with E-state index in [1.165, 1.54) is 6.07 Å². The zero-order valence-corrected chi connectivity index (χ0v) is 8.37. The third-order valence-electron chi connectivity index (χ3n) is 2.68. The first-order valence-electron chi connectivity index (χ1n) is 5.16. The quantitative estimate of drug-likeness (QED) is 0.743. The maximum atomic E-state index is 13.6. The molecule has 0 aliphatic heterocycles. The molecule has 0 saturated heterocycles. The fourth-order valence-corrected chi connectivity index (χ4v) is 1.87. The van der Waals surface area contributed by atoms with Gasteiger partial charge in [0.25, 0.3) is 0 Å². The first-order chi connectivity index (χ1) is 7.31. The van der Waals surface area contributed by atoms with Gasteiger partial charge in [-0.05, 0) is 37.8 Å². The van der Waals surface area contributed by atoms with E-state index in [0.717, 1.165) is 25.7 Å². The van der Waals surface area contributed by atoms with Crippen LogP contribution in [0.1, 0.15) is 31.2 Å². The lowest BCUT2D eigenvalue weighted by molar-refractivity contribution is 0.200. The Morgan fingerprint density at radius 3 is 2.73 bits per heavy atom. The second-order valence-electron chi connectivity index (χ2n) is 3.75. The van der Waals surface area contributed by atoms with Crippen molar-refractivity contribution < 1.29 is 9.13 Å². The minimum atomic E-state index is -0.535. The average Bonchev–Trinajstić information content (AvgIpc) is 2.74. The molecule has 1 fully saturated rings. The Morgan fingerprint density at radius 2 is 2.07 bits per heavy atom. The highest BCUT2D eigenvalue weighted by molar-refractivity contribution is 5.38. The molecule has 0 N–H and O–H groups in total. The third-order valence-corrected chi connectivity index (χ3v) is 2.68. The Kier molecular flexibility index (Phi) is 2.86. The summed E-state index contributed by atoms with van der Waals surface area (Å²) in [6.45, 7) is 0. The van der Waals surface area contributed by atoms with Crippen LogP contribution in [0, 0.1) is 17.1 Å². The van der Waals surface area contributed by atoms with E-state index in [9.17, 15) is 4.39 Å². The van der Waals surface area contributed by atoms with Gasteiger partial charge in [-0.2, -0.15) is 5.26 Å². The molecule has 15 heavy (non-hydrogen) atoms. The van der Waals surface area contributed by atoms with E-state index in [1.807, 2.05) is 0 Å². The fourth-order valence-electron chi connectivity index (χ4n) is 1.87. The summed E-state index contributed by atoms with van der Waals surface area (Å²) in [4.78, 5) is 0. The molecule has 1 aromatic carbocycles. The standard InChI is InChI=1S/C12H12FNO/c13-12-9(8-14)4-3-7-11(12)15-10-5-1-2-6-10/h3-4,7,10H,1-2,5-6H2. The van der Waals surface area contributed by atoms with Gasteiger partial charge in [0.05, 0.1) is 11.7 Å². The minimum Gasteiger partial charge on any atom is -0.487 e. The van der Waals surface area contributed by atoms with Gasteiger partial charge in [0.1, 0.15) is 6.07 Å². The van der Waals surface area contributed by atoms with E-state index in [1.54, 1.807) is 18.2 Å². The van der Waals surface area contributed by atoms with Gasteiger partial charge in [0, 0.05) is 0 Å². The molecule has 0 amide bonds. The molecule has 1 aliphatic rings. The summed E-state index contributed by atoms with van der Waals surface area (Å²) in [6.07, 6.45) is 4.37. The second-order valence-corrected chi connectivity index (χ2v) is 3.75. The number of ether oxygens (including phenoxy) is 1. The van der Waals surface area contributed by atoms with Gasteiger partial charge in [-0.1, -0.05) is 6.07 Å². The van der Waals surface area contributed by atoms with Crippen LogP contribution in [-0.4, -0.2) is 6.10 Å². The monoisotopic (exact) mass is 205 g/mol. The first-order valence-corrected chi connectivity index (χ1v) is 5.16. The SMILES string of the molecule is N#Cc1cccc(OC2CCCC2)c1F. The van der Waals surface area contributed by atoms with Gasteiger partial charge in [0.2, 0.25) is 0 Å². The van der Waals surface area contributed by atoms with Crippen LogP contribution in [0.25, 0.3) is 0 Å². The highest BCUT2D eigenvalue weighted by Crippen LogP contribution is 2.27. The molecule has 2 nitrogen and oxygen atoms in total. The van der Waals surface area contributed by atoms with Crippen molar-refractivity contribution in [3.63, 3.8) is 0 Å². The molecule has 0 spiro atoms. The molecule has 1 aliphatic carbocycles. The lowest BCUT2D eigenvalue weighted by Gasteiger charge is -2.13. The van der Waals surface area contributed by atoms with Crippen LogP contribution < -0.4 is 4.74 Å². The van der Waals surface area contributed by atoms with Crippen LogP contribution in [0.5, 0.6) is 5.75 Å². The summed E-state index contributed by atoms with van der Waals surface area (Å²) >= 11 is 0. The number of hydrogen-bond acceptors (Lipinski definition) is 2. The number of benzene rings is 1. The van der Waals surface area contributed by atoms with Crippen LogP contribution in [0.4, 0.5) is 4.39 Å². The molecular formula is C12H12FNO. The highest BCUT2D eigenvalue weighted by atomic mass is 19.1. The molecule has 0 heterocycles.